The van der Waals surface area contributed by atoms with Gasteiger partial charge in [-0.05, 0) is 39.7 Å². The van der Waals surface area contributed by atoms with E-state index in [1.54, 1.807) is 12.1 Å². The zero-order valence-corrected chi connectivity index (χ0v) is 10.7. The first kappa shape index (κ1) is 12.9. The standard InChI is InChI=1S/C10H9BrO4S/c1-16(14,15)8-4-2-7(3-5-8)6-9(11)10(12)13/h2-6H,1H3,(H,12,13). The van der Waals surface area contributed by atoms with E-state index in [0.717, 1.165) is 6.26 Å². The molecule has 0 aliphatic rings. The van der Waals surface area contributed by atoms with Crippen LogP contribution in [-0.2, 0) is 14.6 Å². The third-order valence-electron chi connectivity index (χ3n) is 1.81. The highest BCUT2D eigenvalue weighted by Gasteiger charge is 2.06. The molecular weight excluding hydrogens is 296 g/mol. The lowest BCUT2D eigenvalue weighted by molar-refractivity contribution is -0.131. The summed E-state index contributed by atoms with van der Waals surface area (Å²) in [4.78, 5) is 10.7. The highest BCUT2D eigenvalue weighted by molar-refractivity contribution is 9.12. The van der Waals surface area contributed by atoms with Crippen LogP contribution in [0.25, 0.3) is 6.08 Å². The fraction of sp³-hybridized carbons (Fsp3) is 0.100. The monoisotopic (exact) mass is 304 g/mol. The van der Waals surface area contributed by atoms with E-state index in [9.17, 15) is 13.2 Å². The molecule has 4 nitrogen and oxygen atoms in total. The van der Waals surface area contributed by atoms with Gasteiger partial charge in [0.15, 0.2) is 9.84 Å². The summed E-state index contributed by atoms with van der Waals surface area (Å²) in [6, 6.07) is 5.95. The molecule has 1 aromatic rings. The summed E-state index contributed by atoms with van der Waals surface area (Å²) >= 11 is 2.88. The Kier molecular flexibility index (Phi) is 3.88. The van der Waals surface area contributed by atoms with Crippen LogP contribution in [0, 0.1) is 0 Å². The van der Waals surface area contributed by atoms with Gasteiger partial charge >= 0.3 is 5.97 Å². The SMILES string of the molecule is CS(=O)(=O)c1ccc(C=C(Br)C(=O)O)cc1. The molecule has 1 N–H and O–H groups in total. The minimum atomic E-state index is -3.21. The summed E-state index contributed by atoms with van der Waals surface area (Å²) < 4.78 is 22.3. The van der Waals surface area contributed by atoms with Crippen molar-refractivity contribution in [3.05, 3.63) is 34.3 Å². The summed E-state index contributed by atoms with van der Waals surface area (Å²) in [6.07, 6.45) is 2.51. The Hall–Kier alpha value is -1.14. The zero-order chi connectivity index (χ0) is 12.3. The number of aliphatic carboxylic acids is 1. The van der Waals surface area contributed by atoms with E-state index >= 15 is 0 Å². The first-order valence-electron chi connectivity index (χ1n) is 4.21. The number of carboxylic acid groups (broad SMARTS) is 1. The molecule has 0 saturated heterocycles. The molecule has 0 aliphatic carbocycles. The van der Waals surface area contributed by atoms with Crippen molar-refractivity contribution in [3.8, 4) is 0 Å². The highest BCUT2D eigenvalue weighted by atomic mass is 79.9. The molecule has 1 aromatic carbocycles. The molecule has 6 heteroatoms. The number of benzene rings is 1. The number of sulfone groups is 1. The molecule has 1 rings (SSSR count). The average Bonchev–Trinajstić information content (AvgIpc) is 2.17. The van der Waals surface area contributed by atoms with E-state index < -0.39 is 15.8 Å². The van der Waals surface area contributed by atoms with E-state index in [0.29, 0.717) is 5.56 Å². The Morgan fingerprint density at radius 1 is 1.31 bits per heavy atom. The normalized spacial score (nSPS) is 12.5. The molecule has 0 atom stereocenters. The molecule has 0 saturated carbocycles. The molecule has 0 radical (unpaired) electrons. The van der Waals surface area contributed by atoms with Crippen molar-refractivity contribution in [2.45, 2.75) is 4.90 Å². The third-order valence-corrected chi connectivity index (χ3v) is 3.50. The predicted molar refractivity (Wildman–Crippen MR) is 64.1 cm³/mol. The highest BCUT2D eigenvalue weighted by Crippen LogP contribution is 2.15. The summed E-state index contributed by atoms with van der Waals surface area (Å²) in [6.45, 7) is 0. The van der Waals surface area contributed by atoms with Gasteiger partial charge < -0.3 is 5.11 Å². The van der Waals surface area contributed by atoms with Crippen LogP contribution < -0.4 is 0 Å². The Bertz CT molecular complexity index is 528. The molecule has 0 fully saturated rings. The van der Waals surface area contributed by atoms with Gasteiger partial charge in [-0.2, -0.15) is 0 Å². The number of hydrogen-bond donors (Lipinski definition) is 1. The van der Waals surface area contributed by atoms with E-state index in [2.05, 4.69) is 15.9 Å². The van der Waals surface area contributed by atoms with Crippen LogP contribution >= 0.6 is 15.9 Å². The quantitative estimate of drug-likeness (QED) is 0.866. The van der Waals surface area contributed by atoms with Gasteiger partial charge in [0.2, 0.25) is 0 Å². The van der Waals surface area contributed by atoms with Crippen LogP contribution in [0.5, 0.6) is 0 Å². The number of carbonyl (C=O) groups is 1. The number of halogens is 1. The molecule has 16 heavy (non-hydrogen) atoms. The lowest BCUT2D eigenvalue weighted by Crippen LogP contribution is -1.96. The Morgan fingerprint density at radius 2 is 1.81 bits per heavy atom. The van der Waals surface area contributed by atoms with E-state index in [1.807, 2.05) is 0 Å². The lowest BCUT2D eigenvalue weighted by Gasteiger charge is -1.99. The molecule has 0 unspecified atom stereocenters. The predicted octanol–water partition coefficient (Wildman–Crippen LogP) is 1.91. The van der Waals surface area contributed by atoms with Crippen molar-refractivity contribution < 1.29 is 18.3 Å². The molecule has 0 amide bonds. The van der Waals surface area contributed by atoms with Gasteiger partial charge in [-0.3, -0.25) is 0 Å². The summed E-state index contributed by atoms with van der Waals surface area (Å²) in [5.74, 6) is -1.08. The minimum Gasteiger partial charge on any atom is -0.477 e. The van der Waals surface area contributed by atoms with Gasteiger partial charge in [-0.1, -0.05) is 12.1 Å². The molecule has 0 aliphatic heterocycles. The van der Waals surface area contributed by atoms with Crippen LogP contribution in [0.15, 0.2) is 33.6 Å². The summed E-state index contributed by atoms with van der Waals surface area (Å²) in [5.41, 5.74) is 0.613. The maximum atomic E-state index is 11.2. The maximum absolute atomic E-state index is 11.2. The molecule has 0 spiro atoms. The molecule has 86 valence electrons. The lowest BCUT2D eigenvalue weighted by atomic mass is 10.2. The van der Waals surface area contributed by atoms with Crippen LogP contribution in [0.3, 0.4) is 0 Å². The van der Waals surface area contributed by atoms with Crippen molar-refractivity contribution in [1.29, 1.82) is 0 Å². The maximum Gasteiger partial charge on any atom is 0.342 e. The Balaban J connectivity index is 3.06. The van der Waals surface area contributed by atoms with E-state index in [-0.39, 0.29) is 9.38 Å². The number of carboxylic acids is 1. The fourth-order valence-electron chi connectivity index (χ4n) is 1.02. The van der Waals surface area contributed by atoms with Gasteiger partial charge in [0.05, 0.1) is 4.90 Å². The first-order valence-corrected chi connectivity index (χ1v) is 6.90. The van der Waals surface area contributed by atoms with Crippen LogP contribution in [0.1, 0.15) is 5.56 Å². The fourth-order valence-corrected chi connectivity index (χ4v) is 1.91. The van der Waals surface area contributed by atoms with Crippen molar-refractivity contribution in [1.82, 2.24) is 0 Å². The van der Waals surface area contributed by atoms with Gasteiger partial charge in [0.1, 0.15) is 4.48 Å². The molecule has 0 bridgehead atoms. The van der Waals surface area contributed by atoms with Gasteiger partial charge in [-0.25, -0.2) is 13.2 Å². The summed E-state index contributed by atoms with van der Waals surface area (Å²) in [7, 11) is -3.21. The summed E-state index contributed by atoms with van der Waals surface area (Å²) in [5, 5.41) is 8.62. The van der Waals surface area contributed by atoms with Gasteiger partial charge in [0, 0.05) is 6.26 Å². The van der Waals surface area contributed by atoms with Crippen molar-refractivity contribution in [3.63, 3.8) is 0 Å². The van der Waals surface area contributed by atoms with Crippen molar-refractivity contribution in [2.75, 3.05) is 6.26 Å². The smallest absolute Gasteiger partial charge is 0.342 e. The average molecular weight is 305 g/mol. The van der Waals surface area contributed by atoms with Crippen molar-refractivity contribution in [2.24, 2.45) is 0 Å². The second-order valence-corrected chi connectivity index (χ2v) is 6.01. The van der Waals surface area contributed by atoms with Crippen molar-refractivity contribution >= 4 is 37.8 Å². The number of rotatable bonds is 3. The molecule has 0 aromatic heterocycles. The largest absolute Gasteiger partial charge is 0.477 e. The molecule has 0 heterocycles. The topological polar surface area (TPSA) is 71.4 Å². The second-order valence-electron chi connectivity index (χ2n) is 3.14. The minimum absolute atomic E-state index is 0.0135. The first-order chi connectivity index (χ1) is 7.30. The third kappa shape index (κ3) is 3.46. The second kappa shape index (κ2) is 4.80. The van der Waals surface area contributed by atoms with Crippen LogP contribution in [0.4, 0.5) is 0 Å². The Labute approximate surface area is 102 Å². The molecular formula is C10H9BrO4S. The van der Waals surface area contributed by atoms with E-state index in [1.165, 1.54) is 18.2 Å². The van der Waals surface area contributed by atoms with Gasteiger partial charge in [-0.15, -0.1) is 0 Å². The number of hydrogen-bond acceptors (Lipinski definition) is 3. The Morgan fingerprint density at radius 3 is 2.19 bits per heavy atom. The van der Waals surface area contributed by atoms with E-state index in [4.69, 9.17) is 5.11 Å². The zero-order valence-electron chi connectivity index (χ0n) is 8.34. The van der Waals surface area contributed by atoms with Gasteiger partial charge in [0.25, 0.3) is 0 Å². The van der Waals surface area contributed by atoms with Crippen LogP contribution in [-0.4, -0.2) is 25.7 Å². The van der Waals surface area contributed by atoms with Crippen LogP contribution in [0.2, 0.25) is 0 Å².